The summed E-state index contributed by atoms with van der Waals surface area (Å²) in [5.41, 5.74) is 0. The van der Waals surface area contributed by atoms with Crippen molar-refractivity contribution in [2.24, 2.45) is 11.8 Å². The van der Waals surface area contributed by atoms with Gasteiger partial charge >= 0.3 is 11.8 Å². The van der Waals surface area contributed by atoms with Gasteiger partial charge in [-0.3, -0.25) is 9.59 Å². The zero-order chi connectivity index (χ0) is 14.3. The van der Waals surface area contributed by atoms with Gasteiger partial charge in [-0.2, -0.15) is 0 Å². The number of aliphatic hydroxyl groups is 2. The lowest BCUT2D eigenvalue weighted by molar-refractivity contribution is -0.140. The molecule has 2 unspecified atom stereocenters. The van der Waals surface area contributed by atoms with Gasteiger partial charge in [-0.05, 0) is 11.8 Å². The summed E-state index contributed by atoms with van der Waals surface area (Å²) in [5.74, 6) is -1.51. The van der Waals surface area contributed by atoms with Crippen LogP contribution in [0.25, 0.3) is 0 Å². The number of rotatable bonds is 6. The molecule has 0 radical (unpaired) electrons. The first-order chi connectivity index (χ1) is 8.33. The maximum atomic E-state index is 11.6. The van der Waals surface area contributed by atoms with Crippen LogP contribution in [0.15, 0.2) is 0 Å². The van der Waals surface area contributed by atoms with E-state index in [0.29, 0.717) is 0 Å². The van der Waals surface area contributed by atoms with Crippen LogP contribution < -0.4 is 10.6 Å². The molecule has 106 valence electrons. The summed E-state index contributed by atoms with van der Waals surface area (Å²) in [4.78, 5) is 23.1. The van der Waals surface area contributed by atoms with Gasteiger partial charge in [0, 0.05) is 0 Å². The fraction of sp³-hybridized carbons (Fsp3) is 0.833. The third kappa shape index (κ3) is 5.46. The highest BCUT2D eigenvalue weighted by Crippen LogP contribution is 2.02. The third-order valence-electron chi connectivity index (χ3n) is 2.84. The van der Waals surface area contributed by atoms with E-state index in [1.165, 1.54) is 0 Å². The van der Waals surface area contributed by atoms with Crippen molar-refractivity contribution in [3.8, 4) is 0 Å². The zero-order valence-electron chi connectivity index (χ0n) is 11.4. The van der Waals surface area contributed by atoms with Gasteiger partial charge in [-0.1, -0.05) is 27.7 Å². The molecule has 0 spiro atoms. The first kappa shape index (κ1) is 16.9. The summed E-state index contributed by atoms with van der Waals surface area (Å²) in [6, 6.07) is -0.898. The van der Waals surface area contributed by atoms with E-state index >= 15 is 0 Å². The van der Waals surface area contributed by atoms with Crippen LogP contribution in [0.1, 0.15) is 27.7 Å². The average Bonchev–Trinajstić information content (AvgIpc) is 2.31. The normalized spacial score (nSPS) is 14.4. The van der Waals surface area contributed by atoms with Gasteiger partial charge in [0.25, 0.3) is 0 Å². The van der Waals surface area contributed by atoms with Gasteiger partial charge in [0.1, 0.15) is 0 Å². The van der Waals surface area contributed by atoms with E-state index in [1.807, 2.05) is 27.7 Å². The average molecular weight is 260 g/mol. The van der Waals surface area contributed by atoms with Gasteiger partial charge in [-0.15, -0.1) is 0 Å². The van der Waals surface area contributed by atoms with Crippen LogP contribution in [0.4, 0.5) is 0 Å². The quantitative estimate of drug-likeness (QED) is 0.472. The Kier molecular flexibility index (Phi) is 7.54. The van der Waals surface area contributed by atoms with Gasteiger partial charge in [0.05, 0.1) is 25.3 Å². The highest BCUT2D eigenvalue weighted by molar-refractivity contribution is 6.35. The van der Waals surface area contributed by atoms with E-state index in [-0.39, 0.29) is 25.0 Å². The molecule has 0 saturated carbocycles. The monoisotopic (exact) mass is 260 g/mol. The Morgan fingerprint density at radius 3 is 1.28 bits per heavy atom. The second-order valence-electron chi connectivity index (χ2n) is 5.01. The Bertz CT molecular complexity index is 251. The zero-order valence-corrected chi connectivity index (χ0v) is 11.4. The molecule has 6 nitrogen and oxygen atoms in total. The SMILES string of the molecule is CC(C)C(CO)NC(=O)C(=O)NC(CO)C(C)C. The van der Waals surface area contributed by atoms with Crippen LogP contribution in [0, 0.1) is 11.8 Å². The molecular formula is C12H24N2O4. The van der Waals surface area contributed by atoms with Gasteiger partial charge in [0.15, 0.2) is 0 Å². The lowest BCUT2D eigenvalue weighted by atomic mass is 10.0. The molecule has 0 aliphatic carbocycles. The first-order valence-electron chi connectivity index (χ1n) is 6.16. The van der Waals surface area contributed by atoms with Crippen molar-refractivity contribution in [3.63, 3.8) is 0 Å². The van der Waals surface area contributed by atoms with Crippen LogP contribution in [0.2, 0.25) is 0 Å². The first-order valence-corrected chi connectivity index (χ1v) is 6.16. The van der Waals surface area contributed by atoms with E-state index in [1.54, 1.807) is 0 Å². The second-order valence-corrected chi connectivity index (χ2v) is 5.01. The molecular weight excluding hydrogens is 236 g/mol. The minimum Gasteiger partial charge on any atom is -0.394 e. The van der Waals surface area contributed by atoms with Gasteiger partial charge in [-0.25, -0.2) is 0 Å². The number of hydrogen-bond acceptors (Lipinski definition) is 4. The summed E-state index contributed by atoms with van der Waals surface area (Å²) in [6.45, 7) is 6.91. The summed E-state index contributed by atoms with van der Waals surface area (Å²) in [5, 5.41) is 23.0. The molecule has 0 aromatic rings. The minimum absolute atomic E-state index is 0.0329. The molecule has 0 fully saturated rings. The second kappa shape index (κ2) is 8.05. The number of nitrogens with one attached hydrogen (secondary N) is 2. The largest absolute Gasteiger partial charge is 0.394 e. The Morgan fingerprint density at radius 1 is 0.833 bits per heavy atom. The molecule has 2 amide bonds. The van der Waals surface area contributed by atoms with Crippen molar-refractivity contribution in [1.82, 2.24) is 10.6 Å². The maximum Gasteiger partial charge on any atom is 0.309 e. The highest BCUT2D eigenvalue weighted by Gasteiger charge is 2.23. The molecule has 0 aliphatic heterocycles. The topological polar surface area (TPSA) is 98.7 Å². The van der Waals surface area contributed by atoms with Crippen molar-refractivity contribution in [1.29, 1.82) is 0 Å². The van der Waals surface area contributed by atoms with Crippen molar-refractivity contribution in [2.75, 3.05) is 13.2 Å². The molecule has 0 rings (SSSR count). The predicted octanol–water partition coefficient (Wildman–Crippen LogP) is -0.747. The van der Waals surface area contributed by atoms with Crippen LogP contribution in [0.5, 0.6) is 0 Å². The van der Waals surface area contributed by atoms with Crippen molar-refractivity contribution in [2.45, 2.75) is 39.8 Å². The fourth-order valence-electron chi connectivity index (χ4n) is 1.31. The Labute approximate surface area is 108 Å². The highest BCUT2D eigenvalue weighted by atomic mass is 16.3. The minimum atomic E-state index is -0.790. The standard InChI is InChI=1S/C12H24N2O4/c1-7(2)9(5-15)13-11(17)12(18)14-10(6-16)8(3)4/h7-10,15-16H,5-6H2,1-4H3,(H,13,17)(H,14,18). The number of amides is 2. The molecule has 0 aliphatic rings. The van der Waals surface area contributed by atoms with Crippen molar-refractivity contribution >= 4 is 11.8 Å². The van der Waals surface area contributed by atoms with Gasteiger partial charge in [0.2, 0.25) is 0 Å². The molecule has 0 heterocycles. The van der Waals surface area contributed by atoms with E-state index in [9.17, 15) is 9.59 Å². The molecule has 0 bridgehead atoms. The molecule has 18 heavy (non-hydrogen) atoms. The van der Waals surface area contributed by atoms with Crippen molar-refractivity contribution < 1.29 is 19.8 Å². The lowest BCUT2D eigenvalue weighted by Crippen LogP contribution is -2.51. The summed E-state index contributed by atoms with van der Waals surface area (Å²) in [7, 11) is 0. The van der Waals surface area contributed by atoms with Crippen LogP contribution >= 0.6 is 0 Å². The van der Waals surface area contributed by atoms with E-state index in [2.05, 4.69) is 10.6 Å². The maximum absolute atomic E-state index is 11.6. The number of aliphatic hydroxyl groups excluding tert-OH is 2. The third-order valence-corrected chi connectivity index (χ3v) is 2.84. The Morgan fingerprint density at radius 2 is 1.11 bits per heavy atom. The van der Waals surface area contributed by atoms with E-state index in [4.69, 9.17) is 10.2 Å². The van der Waals surface area contributed by atoms with Gasteiger partial charge < -0.3 is 20.8 Å². The smallest absolute Gasteiger partial charge is 0.309 e. The van der Waals surface area contributed by atoms with Crippen LogP contribution in [0.3, 0.4) is 0 Å². The molecule has 0 aromatic carbocycles. The summed E-state index contributed by atoms with van der Waals surface area (Å²) >= 11 is 0. The molecule has 0 saturated heterocycles. The lowest BCUT2D eigenvalue weighted by Gasteiger charge is -2.22. The summed E-state index contributed by atoms with van der Waals surface area (Å²) in [6.07, 6.45) is 0. The number of hydrogen-bond donors (Lipinski definition) is 4. The fourth-order valence-corrected chi connectivity index (χ4v) is 1.31. The Hall–Kier alpha value is -1.14. The number of carbonyl (C=O) groups is 2. The molecule has 4 N–H and O–H groups in total. The molecule has 0 aromatic heterocycles. The van der Waals surface area contributed by atoms with E-state index in [0.717, 1.165) is 0 Å². The van der Waals surface area contributed by atoms with Crippen molar-refractivity contribution in [3.05, 3.63) is 0 Å². The molecule has 6 heteroatoms. The Balaban J connectivity index is 4.38. The van der Waals surface area contributed by atoms with E-state index < -0.39 is 23.9 Å². The predicted molar refractivity (Wildman–Crippen MR) is 67.7 cm³/mol. The summed E-state index contributed by atoms with van der Waals surface area (Å²) < 4.78 is 0. The van der Waals surface area contributed by atoms with Crippen LogP contribution in [-0.2, 0) is 9.59 Å². The van der Waals surface area contributed by atoms with Crippen LogP contribution in [-0.4, -0.2) is 47.3 Å². The number of carbonyl (C=O) groups excluding carboxylic acids is 2. The molecule has 2 atom stereocenters.